The van der Waals surface area contributed by atoms with Crippen molar-refractivity contribution in [2.24, 2.45) is 0 Å². The number of rotatable bonds is 4. The minimum atomic E-state index is -0.779. The largest absolute Gasteiger partial charge is 0.480 e. The maximum atomic E-state index is 11.2. The number of aryl methyl sites for hydroxylation is 1. The highest BCUT2D eigenvalue weighted by molar-refractivity contribution is 6.30. The molecular weight excluding hydrogens is 304 g/mol. The van der Waals surface area contributed by atoms with Crippen LogP contribution in [-0.2, 0) is 11.3 Å². The maximum absolute atomic E-state index is 11.2. The van der Waals surface area contributed by atoms with Crippen LogP contribution in [0.2, 0.25) is 5.02 Å². The van der Waals surface area contributed by atoms with E-state index in [2.05, 4.69) is 4.98 Å². The highest BCUT2D eigenvalue weighted by Crippen LogP contribution is 2.27. The molecule has 3 rings (SSSR count). The lowest BCUT2D eigenvalue weighted by Crippen LogP contribution is -2.35. The summed E-state index contributed by atoms with van der Waals surface area (Å²) in [6.07, 6.45) is 1.57. The Morgan fingerprint density at radius 2 is 2.18 bits per heavy atom. The van der Waals surface area contributed by atoms with Crippen LogP contribution < -0.4 is 0 Å². The molecule has 0 spiro atoms. The number of aliphatic carboxylic acids is 1. The molecule has 6 heteroatoms. The number of hydrogen-bond acceptors (Lipinski definition) is 4. The molecule has 2 heterocycles. The van der Waals surface area contributed by atoms with E-state index in [0.717, 1.165) is 24.2 Å². The third-order valence-electron chi connectivity index (χ3n) is 3.93. The van der Waals surface area contributed by atoms with Crippen LogP contribution in [0.3, 0.4) is 0 Å². The molecule has 1 N–H and O–H groups in total. The molecule has 2 aromatic rings. The Balaban J connectivity index is 1.80. The number of benzene rings is 1. The highest BCUT2D eigenvalue weighted by atomic mass is 35.5. The van der Waals surface area contributed by atoms with Gasteiger partial charge >= 0.3 is 5.97 Å². The highest BCUT2D eigenvalue weighted by Gasteiger charge is 2.31. The minimum Gasteiger partial charge on any atom is -0.480 e. The number of carboxylic acids is 1. The molecular formula is C16H17ClN2O3. The van der Waals surface area contributed by atoms with Crippen LogP contribution in [0.25, 0.3) is 11.3 Å². The van der Waals surface area contributed by atoms with E-state index in [-0.39, 0.29) is 0 Å². The zero-order chi connectivity index (χ0) is 15.7. The molecule has 116 valence electrons. The van der Waals surface area contributed by atoms with Crippen LogP contribution >= 0.6 is 11.6 Å². The van der Waals surface area contributed by atoms with E-state index in [1.807, 2.05) is 24.0 Å². The second kappa shape index (κ2) is 6.10. The van der Waals surface area contributed by atoms with Crippen LogP contribution in [-0.4, -0.2) is 33.5 Å². The number of halogens is 1. The van der Waals surface area contributed by atoms with Crippen LogP contribution in [0, 0.1) is 6.92 Å². The summed E-state index contributed by atoms with van der Waals surface area (Å²) in [6.45, 7) is 3.07. The predicted octanol–water partition coefficient (Wildman–Crippen LogP) is 3.35. The molecule has 1 aromatic carbocycles. The smallest absolute Gasteiger partial charge is 0.320 e. The quantitative estimate of drug-likeness (QED) is 0.935. The molecule has 5 nitrogen and oxygen atoms in total. The SMILES string of the molecule is Cc1nc(CN2CCCC2C(=O)O)oc1-c1ccc(Cl)cc1. The fourth-order valence-electron chi connectivity index (χ4n) is 2.86. The second-order valence-corrected chi connectivity index (χ2v) is 5.93. The number of likely N-dealkylation sites (tertiary alicyclic amines) is 1. The third kappa shape index (κ3) is 3.00. The van der Waals surface area contributed by atoms with Gasteiger partial charge in [-0.25, -0.2) is 4.98 Å². The van der Waals surface area contributed by atoms with Gasteiger partial charge in [0.1, 0.15) is 6.04 Å². The first-order valence-corrected chi connectivity index (χ1v) is 7.61. The van der Waals surface area contributed by atoms with Crippen molar-refractivity contribution in [1.82, 2.24) is 9.88 Å². The van der Waals surface area contributed by atoms with Crippen molar-refractivity contribution in [2.75, 3.05) is 6.54 Å². The Bertz CT molecular complexity index is 681. The van der Waals surface area contributed by atoms with Crippen LogP contribution in [0.5, 0.6) is 0 Å². The summed E-state index contributed by atoms with van der Waals surface area (Å²) in [5.41, 5.74) is 1.71. The molecule has 1 aromatic heterocycles. The topological polar surface area (TPSA) is 66.6 Å². The van der Waals surface area contributed by atoms with Crippen molar-refractivity contribution in [3.63, 3.8) is 0 Å². The van der Waals surface area contributed by atoms with Crippen molar-refractivity contribution < 1.29 is 14.3 Å². The van der Waals surface area contributed by atoms with E-state index in [1.165, 1.54) is 0 Å². The minimum absolute atomic E-state index is 0.422. The summed E-state index contributed by atoms with van der Waals surface area (Å²) < 4.78 is 5.84. The molecule has 1 aliphatic rings. The molecule has 0 aliphatic carbocycles. The maximum Gasteiger partial charge on any atom is 0.320 e. The van der Waals surface area contributed by atoms with Crippen molar-refractivity contribution in [1.29, 1.82) is 0 Å². The first-order chi connectivity index (χ1) is 10.5. The van der Waals surface area contributed by atoms with Gasteiger partial charge in [-0.1, -0.05) is 11.6 Å². The molecule has 0 radical (unpaired) electrons. The Kier molecular flexibility index (Phi) is 4.18. The number of nitrogens with zero attached hydrogens (tertiary/aromatic N) is 2. The van der Waals surface area contributed by atoms with Gasteiger partial charge in [0.2, 0.25) is 5.89 Å². The molecule has 22 heavy (non-hydrogen) atoms. The average molecular weight is 321 g/mol. The monoisotopic (exact) mass is 320 g/mol. The van der Waals surface area contributed by atoms with Gasteiger partial charge < -0.3 is 9.52 Å². The first kappa shape index (κ1) is 15.1. The Morgan fingerprint density at radius 3 is 2.86 bits per heavy atom. The summed E-state index contributed by atoms with van der Waals surface area (Å²) in [4.78, 5) is 17.6. The van der Waals surface area contributed by atoms with Crippen LogP contribution in [0.15, 0.2) is 28.7 Å². The van der Waals surface area contributed by atoms with Gasteiger partial charge in [0.15, 0.2) is 5.76 Å². The number of oxazole rings is 1. The molecule has 0 bridgehead atoms. The third-order valence-corrected chi connectivity index (χ3v) is 4.19. The van der Waals surface area contributed by atoms with Gasteiger partial charge in [-0.3, -0.25) is 9.69 Å². The Labute approximate surface area is 133 Å². The summed E-state index contributed by atoms with van der Waals surface area (Å²) >= 11 is 5.89. The predicted molar refractivity (Wildman–Crippen MR) is 82.8 cm³/mol. The zero-order valence-corrected chi connectivity index (χ0v) is 13.0. The second-order valence-electron chi connectivity index (χ2n) is 5.50. The molecule has 0 amide bonds. The fourth-order valence-corrected chi connectivity index (χ4v) is 2.98. The van der Waals surface area contributed by atoms with E-state index < -0.39 is 12.0 Å². The van der Waals surface area contributed by atoms with Gasteiger partial charge in [-0.2, -0.15) is 0 Å². The van der Waals surface area contributed by atoms with E-state index in [0.29, 0.717) is 29.6 Å². The van der Waals surface area contributed by atoms with E-state index in [9.17, 15) is 9.90 Å². The van der Waals surface area contributed by atoms with Gasteiger partial charge in [-0.05, 0) is 50.6 Å². The summed E-state index contributed by atoms with van der Waals surface area (Å²) in [6, 6.07) is 6.94. The van der Waals surface area contributed by atoms with Crippen molar-refractivity contribution in [3.05, 3.63) is 40.9 Å². The number of carboxylic acid groups (broad SMARTS) is 1. The lowest BCUT2D eigenvalue weighted by Gasteiger charge is -2.18. The summed E-state index contributed by atoms with van der Waals surface area (Å²) in [7, 11) is 0. The average Bonchev–Trinajstić information content (AvgIpc) is 3.07. The van der Waals surface area contributed by atoms with E-state index >= 15 is 0 Å². The molecule has 1 unspecified atom stereocenters. The fraction of sp³-hybridized carbons (Fsp3) is 0.375. The lowest BCUT2D eigenvalue weighted by molar-refractivity contribution is -0.142. The van der Waals surface area contributed by atoms with Crippen molar-refractivity contribution in [3.8, 4) is 11.3 Å². The van der Waals surface area contributed by atoms with E-state index in [4.69, 9.17) is 16.0 Å². The molecule has 1 aliphatic heterocycles. The van der Waals surface area contributed by atoms with Gasteiger partial charge in [0, 0.05) is 10.6 Å². The summed E-state index contributed by atoms with van der Waals surface area (Å²) in [5, 5.41) is 9.89. The molecule has 1 atom stereocenters. The zero-order valence-electron chi connectivity index (χ0n) is 12.3. The molecule has 0 saturated carbocycles. The van der Waals surface area contributed by atoms with Gasteiger partial charge in [0.05, 0.1) is 12.2 Å². The van der Waals surface area contributed by atoms with Crippen molar-refractivity contribution in [2.45, 2.75) is 32.4 Å². The standard InChI is InChI=1S/C16H17ClN2O3/c1-10-15(11-4-6-12(17)7-5-11)22-14(18-10)9-19-8-2-3-13(19)16(20)21/h4-7,13H,2-3,8-9H2,1H3,(H,20,21). The summed E-state index contributed by atoms with van der Waals surface area (Å²) in [5.74, 6) is 0.479. The van der Waals surface area contributed by atoms with Gasteiger partial charge in [-0.15, -0.1) is 0 Å². The van der Waals surface area contributed by atoms with E-state index in [1.54, 1.807) is 12.1 Å². The Hall–Kier alpha value is -1.85. The number of hydrogen-bond donors (Lipinski definition) is 1. The first-order valence-electron chi connectivity index (χ1n) is 7.23. The van der Waals surface area contributed by atoms with Crippen LogP contribution in [0.4, 0.5) is 0 Å². The molecule has 1 fully saturated rings. The molecule has 1 saturated heterocycles. The lowest BCUT2D eigenvalue weighted by atomic mass is 10.1. The van der Waals surface area contributed by atoms with Crippen LogP contribution in [0.1, 0.15) is 24.4 Å². The van der Waals surface area contributed by atoms with Gasteiger partial charge in [0.25, 0.3) is 0 Å². The normalized spacial score (nSPS) is 18.7. The number of carbonyl (C=O) groups is 1. The van der Waals surface area contributed by atoms with Crippen molar-refractivity contribution >= 4 is 17.6 Å². The Morgan fingerprint density at radius 1 is 1.45 bits per heavy atom. The number of aromatic nitrogens is 1.